The average Bonchev–Trinajstić information content (AvgIpc) is 2.41. The normalized spacial score (nSPS) is 45.8. The third kappa shape index (κ3) is 1.13. The molecule has 15 heavy (non-hydrogen) atoms. The van der Waals surface area contributed by atoms with Gasteiger partial charge in [0.1, 0.15) is 0 Å². The molecular weight excluding hydrogens is 182 g/mol. The molecule has 1 heteroatoms. The predicted molar refractivity (Wildman–Crippen MR) is 63.8 cm³/mol. The molecule has 3 atom stereocenters. The molecule has 1 saturated heterocycles. The molecule has 1 nitrogen and oxygen atoms in total. The third-order valence-corrected chi connectivity index (χ3v) is 5.76. The van der Waals surface area contributed by atoms with Crippen molar-refractivity contribution in [2.24, 2.45) is 11.3 Å². The molecule has 1 heterocycles. The smallest absolute Gasteiger partial charge is 0.0129 e. The first kappa shape index (κ1) is 9.89. The maximum Gasteiger partial charge on any atom is 0.0129 e. The van der Waals surface area contributed by atoms with Gasteiger partial charge in [0.25, 0.3) is 0 Å². The van der Waals surface area contributed by atoms with Crippen molar-refractivity contribution in [3.63, 3.8) is 0 Å². The van der Waals surface area contributed by atoms with E-state index in [1.807, 2.05) is 0 Å². The van der Waals surface area contributed by atoms with E-state index in [-0.39, 0.29) is 0 Å². The van der Waals surface area contributed by atoms with Gasteiger partial charge in [-0.3, -0.25) is 0 Å². The predicted octanol–water partition coefficient (Wildman–Crippen LogP) is 3.22. The molecule has 2 fully saturated rings. The summed E-state index contributed by atoms with van der Waals surface area (Å²) in [5, 5.41) is 0. The van der Waals surface area contributed by atoms with Gasteiger partial charge >= 0.3 is 0 Å². The fourth-order valence-corrected chi connectivity index (χ4v) is 4.37. The molecule has 84 valence electrons. The van der Waals surface area contributed by atoms with Crippen LogP contribution in [0.15, 0.2) is 11.1 Å². The number of rotatable bonds is 0. The van der Waals surface area contributed by atoms with Crippen LogP contribution in [0.2, 0.25) is 0 Å². The summed E-state index contributed by atoms with van der Waals surface area (Å²) < 4.78 is 0. The van der Waals surface area contributed by atoms with Crippen LogP contribution in [-0.4, -0.2) is 24.5 Å². The highest BCUT2D eigenvalue weighted by atomic mass is 15.2. The minimum absolute atomic E-state index is 0.638. The topological polar surface area (TPSA) is 3.24 Å². The van der Waals surface area contributed by atoms with Crippen LogP contribution in [0.5, 0.6) is 0 Å². The van der Waals surface area contributed by atoms with E-state index in [9.17, 15) is 0 Å². The summed E-state index contributed by atoms with van der Waals surface area (Å²) in [5.41, 5.74) is 4.11. The van der Waals surface area contributed by atoms with Crippen molar-refractivity contribution >= 4 is 0 Å². The zero-order valence-corrected chi connectivity index (χ0v) is 10.3. The van der Waals surface area contributed by atoms with Crippen LogP contribution in [0.25, 0.3) is 0 Å². The fourth-order valence-electron chi connectivity index (χ4n) is 4.37. The molecule has 0 unspecified atom stereocenters. The summed E-state index contributed by atoms with van der Waals surface area (Å²) in [6, 6.07) is 0.916. The number of nitrogens with zero attached hydrogens (tertiary/aromatic N) is 1. The molecule has 2 aliphatic carbocycles. The van der Waals surface area contributed by atoms with E-state index in [1.54, 1.807) is 11.1 Å². The molecule has 1 aliphatic heterocycles. The van der Waals surface area contributed by atoms with Crippen LogP contribution in [0.1, 0.15) is 46.0 Å². The highest BCUT2D eigenvalue weighted by molar-refractivity contribution is 5.29. The van der Waals surface area contributed by atoms with Crippen LogP contribution in [0, 0.1) is 11.3 Å². The molecule has 3 rings (SSSR count). The largest absolute Gasteiger partial charge is 0.303 e. The Bertz CT molecular complexity index is 317. The van der Waals surface area contributed by atoms with Gasteiger partial charge in [-0.2, -0.15) is 0 Å². The zero-order chi connectivity index (χ0) is 10.6. The summed E-state index contributed by atoms with van der Waals surface area (Å²) in [6.07, 6.45) is 7.20. The molecule has 0 aromatic heterocycles. The van der Waals surface area contributed by atoms with Gasteiger partial charge < -0.3 is 4.90 Å². The summed E-state index contributed by atoms with van der Waals surface area (Å²) >= 11 is 0. The van der Waals surface area contributed by atoms with Crippen LogP contribution in [-0.2, 0) is 0 Å². The quantitative estimate of drug-likeness (QED) is 0.549. The molecule has 0 amide bonds. The van der Waals surface area contributed by atoms with Crippen molar-refractivity contribution in [1.29, 1.82) is 0 Å². The minimum Gasteiger partial charge on any atom is -0.303 e. The second-order valence-corrected chi connectivity index (χ2v) is 6.04. The Morgan fingerprint density at radius 1 is 1.20 bits per heavy atom. The Morgan fingerprint density at radius 3 is 2.53 bits per heavy atom. The molecule has 1 saturated carbocycles. The van der Waals surface area contributed by atoms with Gasteiger partial charge in [-0.05, 0) is 70.9 Å². The minimum atomic E-state index is 0.638. The van der Waals surface area contributed by atoms with Crippen LogP contribution in [0.4, 0.5) is 0 Å². The third-order valence-electron chi connectivity index (χ3n) is 5.76. The molecule has 0 radical (unpaired) electrons. The van der Waals surface area contributed by atoms with Crippen molar-refractivity contribution in [2.45, 2.75) is 52.0 Å². The van der Waals surface area contributed by atoms with Gasteiger partial charge in [0.05, 0.1) is 0 Å². The van der Waals surface area contributed by atoms with E-state index in [0.29, 0.717) is 5.41 Å². The second kappa shape index (κ2) is 3.10. The Morgan fingerprint density at radius 2 is 2.00 bits per heavy atom. The Hall–Kier alpha value is -0.300. The highest BCUT2D eigenvalue weighted by Gasteiger charge is 2.54. The zero-order valence-electron chi connectivity index (χ0n) is 10.3. The molecule has 0 aromatic rings. The van der Waals surface area contributed by atoms with Crippen LogP contribution < -0.4 is 0 Å². The van der Waals surface area contributed by atoms with Crippen molar-refractivity contribution in [3.05, 3.63) is 11.1 Å². The molecule has 0 bridgehead atoms. The first-order valence-corrected chi connectivity index (χ1v) is 6.52. The van der Waals surface area contributed by atoms with Gasteiger partial charge in [-0.15, -0.1) is 0 Å². The fraction of sp³-hybridized carbons (Fsp3) is 0.857. The number of fused-ring (bicyclic) bond motifs is 2. The average molecular weight is 205 g/mol. The van der Waals surface area contributed by atoms with Crippen molar-refractivity contribution in [2.75, 3.05) is 13.6 Å². The first-order valence-electron chi connectivity index (χ1n) is 6.52. The van der Waals surface area contributed by atoms with E-state index in [1.165, 1.54) is 38.6 Å². The van der Waals surface area contributed by atoms with E-state index in [4.69, 9.17) is 0 Å². The first-order chi connectivity index (χ1) is 7.15. The van der Waals surface area contributed by atoms with E-state index >= 15 is 0 Å². The second-order valence-electron chi connectivity index (χ2n) is 6.04. The van der Waals surface area contributed by atoms with Gasteiger partial charge in [0.15, 0.2) is 0 Å². The molecule has 3 aliphatic rings. The highest BCUT2D eigenvalue weighted by Crippen LogP contribution is 2.59. The number of likely N-dealkylation sites (tertiary alicyclic amines) is 1. The maximum atomic E-state index is 2.61. The van der Waals surface area contributed by atoms with Crippen molar-refractivity contribution in [3.8, 4) is 0 Å². The monoisotopic (exact) mass is 205 g/mol. The number of allylic oxidation sites excluding steroid dienone is 2. The van der Waals surface area contributed by atoms with E-state index < -0.39 is 0 Å². The Balaban J connectivity index is 1.94. The van der Waals surface area contributed by atoms with Gasteiger partial charge in [-0.25, -0.2) is 0 Å². The van der Waals surface area contributed by atoms with Gasteiger partial charge in [0.2, 0.25) is 0 Å². The Labute approximate surface area is 93.5 Å². The maximum absolute atomic E-state index is 2.61. The number of hydrogen-bond donors (Lipinski definition) is 0. The molecular formula is C14H23N. The van der Waals surface area contributed by atoms with E-state index in [0.717, 1.165) is 12.0 Å². The lowest BCUT2D eigenvalue weighted by Gasteiger charge is -2.57. The number of piperidine rings is 1. The Kier molecular flexibility index (Phi) is 2.04. The standard InChI is InChI=1S/C14H23N/c1-10-6-7-14(11(10)2)8-9-15(3)13-5-4-12(13)14/h12-13H,4-9H2,1-3H3/t12-,13+,14-/m0/s1. The van der Waals surface area contributed by atoms with Crippen molar-refractivity contribution in [1.82, 2.24) is 4.90 Å². The van der Waals surface area contributed by atoms with Crippen LogP contribution in [0.3, 0.4) is 0 Å². The van der Waals surface area contributed by atoms with Gasteiger partial charge in [-0.1, -0.05) is 11.1 Å². The number of hydrogen-bond acceptors (Lipinski definition) is 1. The molecule has 0 aromatic carbocycles. The van der Waals surface area contributed by atoms with Gasteiger partial charge in [0, 0.05) is 6.04 Å². The SMILES string of the molecule is CC1=C(C)[C@]2(CC1)CCN(C)[C@@H]1CC[C@@H]12. The summed E-state index contributed by atoms with van der Waals surface area (Å²) in [5.74, 6) is 0.994. The summed E-state index contributed by atoms with van der Waals surface area (Å²) in [7, 11) is 2.32. The lowest BCUT2D eigenvalue weighted by molar-refractivity contribution is -0.0480. The molecule has 0 N–H and O–H groups in total. The van der Waals surface area contributed by atoms with Crippen LogP contribution >= 0.6 is 0 Å². The molecule has 1 spiro atoms. The summed E-state index contributed by atoms with van der Waals surface area (Å²) in [6.45, 7) is 6.10. The van der Waals surface area contributed by atoms with E-state index in [2.05, 4.69) is 25.8 Å². The van der Waals surface area contributed by atoms with Crippen molar-refractivity contribution < 1.29 is 0 Å². The lowest BCUT2D eigenvalue weighted by atomic mass is 9.55. The summed E-state index contributed by atoms with van der Waals surface area (Å²) in [4.78, 5) is 2.61. The lowest BCUT2D eigenvalue weighted by Crippen LogP contribution is -2.57.